The van der Waals surface area contributed by atoms with Crippen LogP contribution >= 0.6 is 23.7 Å². The third-order valence-corrected chi connectivity index (χ3v) is 9.79. The number of aromatic nitrogens is 1. The van der Waals surface area contributed by atoms with E-state index in [2.05, 4.69) is 30.7 Å². The second-order valence-electron chi connectivity index (χ2n) is 9.20. The van der Waals surface area contributed by atoms with Gasteiger partial charge in [-0.1, -0.05) is 32.1 Å². The highest BCUT2D eigenvalue weighted by Crippen LogP contribution is 2.31. The number of likely N-dealkylation sites (N-methyl/N-ethyl adjacent to an activating group) is 1. The fourth-order valence-corrected chi connectivity index (χ4v) is 6.85. The lowest BCUT2D eigenvalue weighted by molar-refractivity contribution is 0.0983. The highest BCUT2D eigenvalue weighted by atomic mass is 35.5. The van der Waals surface area contributed by atoms with Crippen molar-refractivity contribution >= 4 is 55.0 Å². The molecule has 0 spiro atoms. The Morgan fingerprint density at radius 3 is 2.35 bits per heavy atom. The standard InChI is InChI=1S/C26H33FN4O3S2.ClH/c1-4-29(5-2)16-17-31(26-28-23-11-8-21(27)18-24(23)35-26)25(32)20-6-9-22(10-7-20)36(33,34)30-14-12-19(3)13-15-30;/h6-11,18-19H,4-5,12-17H2,1-3H3;1H. The van der Waals surface area contributed by atoms with Gasteiger partial charge in [-0.2, -0.15) is 4.31 Å². The summed E-state index contributed by atoms with van der Waals surface area (Å²) in [4.78, 5) is 22.2. The summed E-state index contributed by atoms with van der Waals surface area (Å²) in [6.07, 6.45) is 1.70. The maximum atomic E-state index is 13.7. The van der Waals surface area contributed by atoms with E-state index >= 15 is 0 Å². The number of piperidine rings is 1. The van der Waals surface area contributed by atoms with Crippen LogP contribution in [0.2, 0.25) is 0 Å². The second kappa shape index (κ2) is 12.6. The Morgan fingerprint density at radius 2 is 1.73 bits per heavy atom. The Bertz CT molecular complexity index is 1310. The number of carbonyl (C=O) groups excluding carboxylic acids is 1. The number of fused-ring (bicyclic) bond motifs is 1. The first-order chi connectivity index (χ1) is 17.2. The number of nitrogens with zero attached hydrogens (tertiary/aromatic N) is 4. The number of halogens is 2. The molecule has 0 saturated carbocycles. The van der Waals surface area contributed by atoms with E-state index in [-0.39, 0.29) is 29.0 Å². The Balaban J connectivity index is 0.00000380. The zero-order valence-electron chi connectivity index (χ0n) is 21.4. The van der Waals surface area contributed by atoms with Crippen LogP contribution in [0.25, 0.3) is 10.2 Å². The minimum atomic E-state index is -3.59. The smallest absolute Gasteiger partial charge is 0.260 e. The highest BCUT2D eigenvalue weighted by molar-refractivity contribution is 7.89. The predicted octanol–water partition coefficient (Wildman–Crippen LogP) is 5.27. The molecule has 0 bridgehead atoms. The molecule has 2 heterocycles. The first kappa shape index (κ1) is 29.4. The molecule has 0 radical (unpaired) electrons. The monoisotopic (exact) mass is 568 g/mol. The molecule has 11 heteroatoms. The Morgan fingerprint density at radius 1 is 1.08 bits per heavy atom. The third kappa shape index (κ3) is 6.67. The van der Waals surface area contributed by atoms with Crippen molar-refractivity contribution in [3.63, 3.8) is 0 Å². The maximum Gasteiger partial charge on any atom is 0.260 e. The minimum Gasteiger partial charge on any atom is -0.302 e. The van der Waals surface area contributed by atoms with E-state index in [0.717, 1.165) is 25.9 Å². The Kier molecular flexibility index (Phi) is 10.0. The van der Waals surface area contributed by atoms with Crippen LogP contribution in [0.3, 0.4) is 0 Å². The van der Waals surface area contributed by atoms with Gasteiger partial charge in [0.2, 0.25) is 10.0 Å². The van der Waals surface area contributed by atoms with Gasteiger partial charge >= 0.3 is 0 Å². The molecule has 1 fully saturated rings. The van der Waals surface area contributed by atoms with E-state index in [4.69, 9.17) is 0 Å². The molecular weight excluding hydrogens is 535 g/mol. The van der Waals surface area contributed by atoms with Crippen LogP contribution in [0.5, 0.6) is 0 Å². The van der Waals surface area contributed by atoms with Gasteiger partial charge in [0, 0.05) is 31.7 Å². The van der Waals surface area contributed by atoms with Crippen molar-refractivity contribution in [3.8, 4) is 0 Å². The number of hydrogen-bond acceptors (Lipinski definition) is 6. The number of thiazole rings is 1. The summed E-state index contributed by atoms with van der Waals surface area (Å²) in [5.41, 5.74) is 1.01. The van der Waals surface area contributed by atoms with Crippen LogP contribution < -0.4 is 4.90 Å². The van der Waals surface area contributed by atoms with Gasteiger partial charge in [-0.25, -0.2) is 17.8 Å². The van der Waals surface area contributed by atoms with Crippen molar-refractivity contribution in [2.75, 3.05) is 44.2 Å². The largest absolute Gasteiger partial charge is 0.302 e. The summed E-state index contributed by atoms with van der Waals surface area (Å²) < 4.78 is 42.1. The van der Waals surface area contributed by atoms with Crippen LogP contribution in [0.15, 0.2) is 47.4 Å². The molecule has 37 heavy (non-hydrogen) atoms. The zero-order valence-corrected chi connectivity index (χ0v) is 23.8. The van der Waals surface area contributed by atoms with Crippen molar-refractivity contribution < 1.29 is 17.6 Å². The van der Waals surface area contributed by atoms with Crippen molar-refractivity contribution in [1.82, 2.24) is 14.2 Å². The maximum absolute atomic E-state index is 13.7. The van der Waals surface area contributed by atoms with E-state index in [1.54, 1.807) is 23.1 Å². The molecule has 202 valence electrons. The van der Waals surface area contributed by atoms with E-state index < -0.39 is 10.0 Å². The SMILES string of the molecule is CCN(CC)CCN(C(=O)c1ccc(S(=O)(=O)N2CCC(C)CC2)cc1)c1nc2ccc(F)cc2s1.Cl. The van der Waals surface area contributed by atoms with Crippen LogP contribution in [0.1, 0.15) is 44.0 Å². The molecule has 7 nitrogen and oxygen atoms in total. The van der Waals surface area contributed by atoms with Crippen LogP contribution in [-0.2, 0) is 10.0 Å². The van der Waals surface area contributed by atoms with Gasteiger partial charge in [0.05, 0.1) is 15.1 Å². The van der Waals surface area contributed by atoms with Crippen molar-refractivity contribution in [3.05, 3.63) is 53.8 Å². The molecule has 2 aromatic carbocycles. The van der Waals surface area contributed by atoms with Gasteiger partial charge in [0.15, 0.2) is 5.13 Å². The van der Waals surface area contributed by atoms with E-state index in [1.807, 2.05) is 0 Å². The van der Waals surface area contributed by atoms with Gasteiger partial charge in [-0.15, -0.1) is 12.4 Å². The molecular formula is C26H34ClFN4O3S2. The molecule has 3 aromatic rings. The summed E-state index contributed by atoms with van der Waals surface area (Å²) in [7, 11) is -3.59. The van der Waals surface area contributed by atoms with Gasteiger partial charge in [0.25, 0.3) is 5.91 Å². The van der Waals surface area contributed by atoms with E-state index in [1.165, 1.54) is 39.9 Å². The summed E-state index contributed by atoms with van der Waals surface area (Å²) in [6.45, 7) is 10.1. The molecule has 0 aliphatic carbocycles. The van der Waals surface area contributed by atoms with Crippen molar-refractivity contribution in [2.45, 2.75) is 38.5 Å². The van der Waals surface area contributed by atoms with Crippen molar-refractivity contribution in [1.29, 1.82) is 0 Å². The quantitative estimate of drug-likeness (QED) is 0.352. The molecule has 1 aromatic heterocycles. The number of rotatable bonds is 9. The first-order valence-corrected chi connectivity index (χ1v) is 14.7. The number of carbonyl (C=O) groups is 1. The molecule has 1 saturated heterocycles. The fraction of sp³-hybridized carbons (Fsp3) is 0.462. The highest BCUT2D eigenvalue weighted by Gasteiger charge is 2.29. The molecule has 1 aliphatic rings. The minimum absolute atomic E-state index is 0. The van der Waals surface area contributed by atoms with Crippen LogP contribution in [-0.4, -0.2) is 67.8 Å². The second-order valence-corrected chi connectivity index (χ2v) is 12.2. The van der Waals surface area contributed by atoms with Crippen LogP contribution in [0.4, 0.5) is 9.52 Å². The number of anilines is 1. The van der Waals surface area contributed by atoms with Gasteiger partial charge < -0.3 is 4.90 Å². The lowest BCUT2D eigenvalue weighted by Crippen LogP contribution is -2.39. The van der Waals surface area contributed by atoms with Crippen molar-refractivity contribution in [2.24, 2.45) is 5.92 Å². The summed E-state index contributed by atoms with van der Waals surface area (Å²) in [5.74, 6) is -0.0890. The first-order valence-electron chi connectivity index (χ1n) is 12.4. The summed E-state index contributed by atoms with van der Waals surface area (Å²) >= 11 is 1.27. The number of sulfonamides is 1. The van der Waals surface area contributed by atoms with E-state index in [9.17, 15) is 17.6 Å². The molecule has 0 N–H and O–H groups in total. The third-order valence-electron chi connectivity index (χ3n) is 6.83. The fourth-order valence-electron chi connectivity index (χ4n) is 4.37. The molecule has 0 atom stereocenters. The molecule has 1 amide bonds. The number of amides is 1. The van der Waals surface area contributed by atoms with Gasteiger partial charge in [0.1, 0.15) is 5.82 Å². The predicted molar refractivity (Wildman–Crippen MR) is 150 cm³/mol. The number of benzene rings is 2. The molecule has 0 unspecified atom stereocenters. The average Bonchev–Trinajstić information content (AvgIpc) is 3.29. The Labute approximate surface area is 228 Å². The zero-order chi connectivity index (χ0) is 25.9. The topological polar surface area (TPSA) is 73.8 Å². The summed E-state index contributed by atoms with van der Waals surface area (Å²) in [5, 5.41) is 0.492. The summed E-state index contributed by atoms with van der Waals surface area (Å²) in [6, 6.07) is 10.5. The van der Waals surface area contributed by atoms with E-state index in [0.29, 0.717) is 53.0 Å². The molecule has 4 rings (SSSR count). The number of hydrogen-bond donors (Lipinski definition) is 0. The Hall–Kier alpha value is -2.11. The lowest BCUT2D eigenvalue weighted by atomic mass is 10.0. The molecule has 1 aliphatic heterocycles. The van der Waals surface area contributed by atoms with Gasteiger partial charge in [-0.3, -0.25) is 9.69 Å². The van der Waals surface area contributed by atoms with Crippen LogP contribution in [0, 0.1) is 11.7 Å². The average molecular weight is 569 g/mol. The van der Waals surface area contributed by atoms with Gasteiger partial charge in [-0.05, 0) is 74.3 Å². The normalized spacial score (nSPS) is 15.2. The lowest BCUT2D eigenvalue weighted by Gasteiger charge is -2.29.